The van der Waals surface area contributed by atoms with Crippen LogP contribution in [-0.2, 0) is 0 Å². The lowest BCUT2D eigenvalue weighted by molar-refractivity contribution is 1.18. The van der Waals surface area contributed by atoms with Crippen LogP contribution in [0.1, 0.15) is 21.4 Å². The molecule has 1 atom stereocenters. The second-order valence-electron chi connectivity index (χ2n) is 3.42. The summed E-state index contributed by atoms with van der Waals surface area (Å²) in [6.07, 6.45) is 0. The minimum Gasteiger partial charge on any atom is -0.127 e. The molecular weight excluding hydrogens is 247 g/mol. The van der Waals surface area contributed by atoms with Gasteiger partial charge in [-0.3, -0.25) is 0 Å². The third-order valence-electron chi connectivity index (χ3n) is 2.21. The van der Waals surface area contributed by atoms with Crippen LogP contribution in [0, 0.1) is 6.92 Å². The molecule has 3 heteroatoms. The highest BCUT2D eigenvalue weighted by Gasteiger charge is 2.12. The number of halogens is 2. The molecule has 1 aromatic heterocycles. The van der Waals surface area contributed by atoms with Crippen LogP contribution in [0.5, 0.6) is 0 Å². The van der Waals surface area contributed by atoms with Crippen molar-refractivity contribution in [3.63, 3.8) is 0 Å². The molecule has 0 spiro atoms. The molecule has 1 aromatic carbocycles. The Morgan fingerprint density at radius 1 is 1.07 bits per heavy atom. The van der Waals surface area contributed by atoms with E-state index < -0.39 is 0 Å². The summed E-state index contributed by atoms with van der Waals surface area (Å²) < 4.78 is 0.780. The van der Waals surface area contributed by atoms with E-state index >= 15 is 0 Å². The van der Waals surface area contributed by atoms with Crippen LogP contribution in [0.3, 0.4) is 0 Å². The summed E-state index contributed by atoms with van der Waals surface area (Å²) in [6, 6.07) is 12.1. The van der Waals surface area contributed by atoms with Crippen molar-refractivity contribution < 1.29 is 0 Å². The van der Waals surface area contributed by atoms with Crippen LogP contribution in [0.2, 0.25) is 4.34 Å². The van der Waals surface area contributed by atoms with Crippen molar-refractivity contribution in [2.45, 2.75) is 12.3 Å². The van der Waals surface area contributed by atoms with E-state index in [1.165, 1.54) is 16.9 Å². The number of rotatable bonds is 2. The van der Waals surface area contributed by atoms with E-state index in [2.05, 4.69) is 31.2 Å². The first-order chi connectivity index (χ1) is 7.16. The molecule has 0 radical (unpaired) electrons. The summed E-state index contributed by atoms with van der Waals surface area (Å²) in [4.78, 5) is 1.09. The predicted molar refractivity (Wildman–Crippen MR) is 68.2 cm³/mol. The summed E-state index contributed by atoms with van der Waals surface area (Å²) in [5.74, 6) is 0. The number of hydrogen-bond acceptors (Lipinski definition) is 1. The minimum atomic E-state index is -0.0944. The van der Waals surface area contributed by atoms with Gasteiger partial charge in [0, 0.05) is 4.88 Å². The van der Waals surface area contributed by atoms with Gasteiger partial charge in [0.25, 0.3) is 0 Å². The standard InChI is InChI=1S/C12H10Cl2S/c1-8-2-4-9(5-3-8)12(14)10-6-7-11(13)15-10/h2-7,12H,1H3. The third-order valence-corrected chi connectivity index (χ3v) is 4.13. The molecule has 15 heavy (non-hydrogen) atoms. The first-order valence-electron chi connectivity index (χ1n) is 4.62. The maximum absolute atomic E-state index is 6.35. The van der Waals surface area contributed by atoms with Crippen molar-refractivity contribution in [1.29, 1.82) is 0 Å². The summed E-state index contributed by atoms with van der Waals surface area (Å²) in [5.41, 5.74) is 2.35. The highest BCUT2D eigenvalue weighted by molar-refractivity contribution is 7.16. The highest BCUT2D eigenvalue weighted by atomic mass is 35.5. The molecule has 0 amide bonds. The molecule has 0 saturated heterocycles. The molecule has 0 aliphatic carbocycles. The van der Waals surface area contributed by atoms with Crippen molar-refractivity contribution in [2.75, 3.05) is 0 Å². The highest BCUT2D eigenvalue weighted by Crippen LogP contribution is 2.35. The van der Waals surface area contributed by atoms with Crippen molar-refractivity contribution >= 4 is 34.5 Å². The lowest BCUT2D eigenvalue weighted by Gasteiger charge is -2.07. The summed E-state index contributed by atoms with van der Waals surface area (Å²) in [7, 11) is 0. The second-order valence-corrected chi connectivity index (χ2v) is 5.60. The Kier molecular flexibility index (Phi) is 3.35. The lowest BCUT2D eigenvalue weighted by atomic mass is 10.1. The Morgan fingerprint density at radius 3 is 2.27 bits per heavy atom. The number of aryl methyl sites for hydroxylation is 1. The van der Waals surface area contributed by atoms with Gasteiger partial charge in [-0.15, -0.1) is 22.9 Å². The zero-order valence-corrected chi connectivity index (χ0v) is 10.5. The van der Waals surface area contributed by atoms with Crippen LogP contribution >= 0.6 is 34.5 Å². The van der Waals surface area contributed by atoms with Crippen molar-refractivity contribution in [1.82, 2.24) is 0 Å². The van der Waals surface area contributed by atoms with Gasteiger partial charge in [0.05, 0.1) is 9.71 Å². The Bertz CT molecular complexity index is 445. The predicted octanol–water partition coefficient (Wildman–Crippen LogP) is 5.04. The molecule has 0 aliphatic heterocycles. The fourth-order valence-electron chi connectivity index (χ4n) is 1.36. The summed E-state index contributed by atoms with van der Waals surface area (Å²) in [5, 5.41) is -0.0944. The number of hydrogen-bond donors (Lipinski definition) is 0. The first-order valence-corrected chi connectivity index (χ1v) is 6.26. The smallest absolute Gasteiger partial charge is 0.0931 e. The average molecular weight is 257 g/mol. The molecule has 2 aromatic rings. The van der Waals surface area contributed by atoms with Crippen molar-refractivity contribution in [2.24, 2.45) is 0 Å². The van der Waals surface area contributed by atoms with Gasteiger partial charge in [-0.1, -0.05) is 41.4 Å². The molecule has 0 nitrogen and oxygen atoms in total. The Morgan fingerprint density at radius 2 is 1.73 bits per heavy atom. The SMILES string of the molecule is Cc1ccc(C(Cl)c2ccc(Cl)s2)cc1. The first kappa shape index (κ1) is 11.0. The lowest BCUT2D eigenvalue weighted by Crippen LogP contribution is -1.89. The van der Waals surface area contributed by atoms with E-state index in [0.29, 0.717) is 0 Å². The maximum Gasteiger partial charge on any atom is 0.0931 e. The van der Waals surface area contributed by atoms with Crippen LogP contribution < -0.4 is 0 Å². The van der Waals surface area contributed by atoms with Gasteiger partial charge in [-0.05, 0) is 24.6 Å². The molecule has 2 rings (SSSR count). The monoisotopic (exact) mass is 256 g/mol. The molecule has 1 heterocycles. The Hall–Kier alpha value is -0.500. The molecule has 0 aliphatic rings. The molecule has 78 valence electrons. The second kappa shape index (κ2) is 4.56. The summed E-state index contributed by atoms with van der Waals surface area (Å²) in [6.45, 7) is 2.06. The van der Waals surface area contributed by atoms with Gasteiger partial charge in [0.15, 0.2) is 0 Å². The van der Waals surface area contributed by atoms with Crippen LogP contribution in [0.4, 0.5) is 0 Å². The third kappa shape index (κ3) is 2.54. The average Bonchev–Trinajstić information content (AvgIpc) is 2.65. The van der Waals surface area contributed by atoms with E-state index in [9.17, 15) is 0 Å². The maximum atomic E-state index is 6.35. The van der Waals surface area contributed by atoms with Crippen LogP contribution in [0.25, 0.3) is 0 Å². The molecule has 1 unspecified atom stereocenters. The van der Waals surface area contributed by atoms with Gasteiger partial charge < -0.3 is 0 Å². The fourth-order valence-corrected chi connectivity index (χ4v) is 2.78. The molecule has 0 bridgehead atoms. The van der Waals surface area contributed by atoms with Crippen molar-refractivity contribution in [3.8, 4) is 0 Å². The van der Waals surface area contributed by atoms with E-state index in [4.69, 9.17) is 23.2 Å². The molecule has 0 N–H and O–H groups in total. The zero-order valence-electron chi connectivity index (χ0n) is 8.21. The van der Waals surface area contributed by atoms with Crippen LogP contribution in [0.15, 0.2) is 36.4 Å². The summed E-state index contributed by atoms with van der Waals surface area (Å²) >= 11 is 13.8. The van der Waals surface area contributed by atoms with Gasteiger partial charge in [0.2, 0.25) is 0 Å². The molecular formula is C12H10Cl2S. The van der Waals surface area contributed by atoms with E-state index in [1.54, 1.807) is 0 Å². The minimum absolute atomic E-state index is 0.0944. The van der Waals surface area contributed by atoms with Crippen molar-refractivity contribution in [3.05, 3.63) is 56.7 Å². The molecule has 0 saturated carbocycles. The molecule has 0 fully saturated rings. The van der Waals surface area contributed by atoms with Gasteiger partial charge >= 0.3 is 0 Å². The number of benzene rings is 1. The Labute approximate surface area is 103 Å². The number of thiophene rings is 1. The van der Waals surface area contributed by atoms with Gasteiger partial charge in [-0.25, -0.2) is 0 Å². The Balaban J connectivity index is 2.28. The van der Waals surface area contributed by atoms with Gasteiger partial charge in [-0.2, -0.15) is 0 Å². The fraction of sp³-hybridized carbons (Fsp3) is 0.167. The quantitative estimate of drug-likeness (QED) is 0.661. The zero-order chi connectivity index (χ0) is 10.8. The normalized spacial score (nSPS) is 12.7. The van der Waals surface area contributed by atoms with E-state index in [0.717, 1.165) is 14.8 Å². The number of alkyl halides is 1. The van der Waals surface area contributed by atoms with E-state index in [1.807, 2.05) is 12.1 Å². The van der Waals surface area contributed by atoms with Crippen LogP contribution in [-0.4, -0.2) is 0 Å². The largest absolute Gasteiger partial charge is 0.127 e. The van der Waals surface area contributed by atoms with Gasteiger partial charge in [0.1, 0.15) is 0 Å². The topological polar surface area (TPSA) is 0 Å². The van der Waals surface area contributed by atoms with E-state index in [-0.39, 0.29) is 5.38 Å².